The van der Waals surface area contributed by atoms with Gasteiger partial charge in [-0.1, -0.05) is 23.2 Å². The highest BCUT2D eigenvalue weighted by Gasteiger charge is 2.28. The van der Waals surface area contributed by atoms with Crippen molar-refractivity contribution in [2.45, 2.75) is 18.8 Å². The first-order valence-electron chi connectivity index (χ1n) is 8.50. The van der Waals surface area contributed by atoms with E-state index in [1.807, 2.05) is 29.2 Å². The second-order valence-electron chi connectivity index (χ2n) is 6.48. The molecule has 0 saturated carbocycles. The van der Waals surface area contributed by atoms with Crippen molar-refractivity contribution in [3.05, 3.63) is 61.6 Å². The lowest BCUT2D eigenvalue weighted by Gasteiger charge is -2.31. The van der Waals surface area contributed by atoms with Gasteiger partial charge in [-0.05, 0) is 48.7 Å². The van der Waals surface area contributed by atoms with Gasteiger partial charge in [-0.3, -0.25) is 9.78 Å². The summed E-state index contributed by atoms with van der Waals surface area (Å²) in [5.41, 5.74) is 0.568. The number of halogens is 2. The van der Waals surface area contributed by atoms with E-state index in [0.29, 0.717) is 33.8 Å². The first-order chi connectivity index (χ1) is 13.0. The van der Waals surface area contributed by atoms with E-state index in [9.17, 15) is 9.59 Å². The van der Waals surface area contributed by atoms with Gasteiger partial charge in [0.05, 0.1) is 4.88 Å². The van der Waals surface area contributed by atoms with Crippen molar-refractivity contribution in [1.29, 1.82) is 0 Å². The van der Waals surface area contributed by atoms with Crippen LogP contribution in [0.3, 0.4) is 0 Å². The summed E-state index contributed by atoms with van der Waals surface area (Å²) in [6.45, 7) is 1.23. The maximum Gasteiger partial charge on any atom is 0.340 e. The third-order valence-electron chi connectivity index (χ3n) is 4.58. The summed E-state index contributed by atoms with van der Waals surface area (Å²) in [4.78, 5) is 30.4. The van der Waals surface area contributed by atoms with Gasteiger partial charge in [0.25, 0.3) is 5.91 Å². The maximum atomic E-state index is 12.9. The zero-order chi connectivity index (χ0) is 19.0. The van der Waals surface area contributed by atoms with Gasteiger partial charge < -0.3 is 4.90 Å². The smallest absolute Gasteiger partial charge is 0.337 e. The lowest BCUT2D eigenvalue weighted by Crippen LogP contribution is -2.39. The van der Waals surface area contributed by atoms with Crippen LogP contribution in [0, 0.1) is 0 Å². The quantitative estimate of drug-likeness (QED) is 0.664. The highest BCUT2D eigenvalue weighted by atomic mass is 35.5. The van der Waals surface area contributed by atoms with Gasteiger partial charge in [0, 0.05) is 33.9 Å². The fourth-order valence-corrected chi connectivity index (χ4v) is 4.81. The van der Waals surface area contributed by atoms with E-state index < -0.39 is 0 Å². The number of thiophene rings is 1. The Morgan fingerprint density at radius 3 is 2.70 bits per heavy atom. The number of rotatable bonds is 3. The standard InChI is InChI=1S/C18H16Cl2N4O2S/c19-12-6-11(7-13(20)8-12)14-3-4-15(27-14)17(25)24-5-1-2-10(9-24)16-21-18(26)23-22-16/h3-4,6-8,10H,1-2,5,9H2,(H2,21,22,23,26)/t10-/m0/s1. The number of aromatic nitrogens is 3. The van der Waals surface area contributed by atoms with Crippen molar-refractivity contribution in [3.63, 3.8) is 0 Å². The van der Waals surface area contributed by atoms with Crippen LogP contribution in [-0.2, 0) is 0 Å². The largest absolute Gasteiger partial charge is 0.340 e. The Kier molecular flexibility index (Phi) is 5.08. The number of nitrogens with one attached hydrogen (secondary N) is 2. The van der Waals surface area contributed by atoms with Gasteiger partial charge in [-0.15, -0.1) is 11.3 Å². The van der Waals surface area contributed by atoms with E-state index in [4.69, 9.17) is 23.2 Å². The van der Waals surface area contributed by atoms with E-state index in [-0.39, 0.29) is 17.5 Å². The summed E-state index contributed by atoms with van der Waals surface area (Å²) < 4.78 is 0. The van der Waals surface area contributed by atoms with Gasteiger partial charge in [0.15, 0.2) is 0 Å². The molecule has 0 unspecified atom stereocenters. The lowest BCUT2D eigenvalue weighted by atomic mass is 9.97. The molecule has 0 aliphatic carbocycles. The predicted octanol–water partition coefficient (Wildman–Crippen LogP) is 4.15. The third kappa shape index (κ3) is 3.95. The molecule has 0 radical (unpaired) electrons. The molecule has 1 saturated heterocycles. The average molecular weight is 423 g/mol. The third-order valence-corrected chi connectivity index (χ3v) is 6.14. The summed E-state index contributed by atoms with van der Waals surface area (Å²) in [6, 6.07) is 9.08. The number of hydrogen-bond donors (Lipinski definition) is 2. The van der Waals surface area contributed by atoms with Gasteiger partial charge >= 0.3 is 5.69 Å². The van der Waals surface area contributed by atoms with E-state index in [2.05, 4.69) is 15.2 Å². The molecule has 2 N–H and O–H groups in total. The highest BCUT2D eigenvalue weighted by molar-refractivity contribution is 7.17. The number of hydrogen-bond acceptors (Lipinski definition) is 4. The minimum atomic E-state index is -0.323. The highest BCUT2D eigenvalue weighted by Crippen LogP contribution is 2.33. The molecule has 1 atom stereocenters. The first kappa shape index (κ1) is 18.3. The van der Waals surface area contributed by atoms with Crippen LogP contribution in [0.4, 0.5) is 0 Å². The van der Waals surface area contributed by atoms with Gasteiger partial charge in [0.1, 0.15) is 5.82 Å². The Bertz CT molecular complexity index is 1020. The molecule has 4 rings (SSSR count). The van der Waals surface area contributed by atoms with Crippen molar-refractivity contribution >= 4 is 40.4 Å². The molecule has 1 aliphatic heterocycles. The Morgan fingerprint density at radius 2 is 2.00 bits per heavy atom. The number of piperidine rings is 1. The summed E-state index contributed by atoms with van der Waals surface area (Å²) in [5.74, 6) is 0.632. The monoisotopic (exact) mass is 422 g/mol. The molecule has 140 valence electrons. The first-order valence-corrected chi connectivity index (χ1v) is 10.1. The number of H-pyrrole nitrogens is 2. The molecule has 3 aromatic rings. The number of carbonyl (C=O) groups excluding carboxylic acids is 1. The van der Waals surface area contributed by atoms with Crippen LogP contribution in [0.2, 0.25) is 10.0 Å². The Morgan fingerprint density at radius 1 is 1.22 bits per heavy atom. The van der Waals surface area contributed by atoms with E-state index >= 15 is 0 Å². The number of likely N-dealkylation sites (tertiary alicyclic amines) is 1. The molecule has 1 aliphatic rings. The van der Waals surface area contributed by atoms with Crippen LogP contribution in [-0.4, -0.2) is 39.1 Å². The SMILES string of the molecule is O=C(c1ccc(-c2cc(Cl)cc(Cl)c2)s1)N1CCC[C@H](c2n[nH]c(=O)[nH]2)C1. The van der Waals surface area contributed by atoms with Crippen molar-refractivity contribution < 1.29 is 4.79 Å². The Labute approximate surface area is 169 Å². The molecule has 27 heavy (non-hydrogen) atoms. The molecule has 0 spiro atoms. The normalized spacial score (nSPS) is 17.3. The number of carbonyl (C=O) groups is 1. The number of aromatic amines is 2. The molecule has 9 heteroatoms. The average Bonchev–Trinajstić information content (AvgIpc) is 3.30. The van der Waals surface area contributed by atoms with Crippen LogP contribution in [0.15, 0.2) is 35.1 Å². The van der Waals surface area contributed by atoms with Crippen LogP contribution >= 0.6 is 34.5 Å². The molecule has 0 bridgehead atoms. The fourth-order valence-electron chi connectivity index (χ4n) is 3.32. The second-order valence-corrected chi connectivity index (χ2v) is 8.43. The predicted molar refractivity (Wildman–Crippen MR) is 107 cm³/mol. The van der Waals surface area contributed by atoms with Crippen LogP contribution in [0.25, 0.3) is 10.4 Å². The zero-order valence-electron chi connectivity index (χ0n) is 14.2. The van der Waals surface area contributed by atoms with Crippen LogP contribution in [0.5, 0.6) is 0 Å². The van der Waals surface area contributed by atoms with Gasteiger partial charge in [0.2, 0.25) is 0 Å². The number of nitrogens with zero attached hydrogens (tertiary/aromatic N) is 2. The van der Waals surface area contributed by atoms with Crippen LogP contribution < -0.4 is 5.69 Å². The zero-order valence-corrected chi connectivity index (χ0v) is 16.5. The fraction of sp³-hybridized carbons (Fsp3) is 0.278. The molecule has 6 nitrogen and oxygen atoms in total. The molecule has 3 heterocycles. The summed E-state index contributed by atoms with van der Waals surface area (Å²) in [6.07, 6.45) is 1.76. The Balaban J connectivity index is 1.52. The summed E-state index contributed by atoms with van der Waals surface area (Å²) in [5, 5.41) is 7.52. The van der Waals surface area contributed by atoms with E-state index in [1.54, 1.807) is 6.07 Å². The summed E-state index contributed by atoms with van der Waals surface area (Å²) >= 11 is 13.6. The molecule has 2 aromatic heterocycles. The van der Waals surface area contributed by atoms with Crippen molar-refractivity contribution in [2.75, 3.05) is 13.1 Å². The minimum Gasteiger partial charge on any atom is -0.337 e. The molecule has 1 amide bonds. The second kappa shape index (κ2) is 7.50. The molecular weight excluding hydrogens is 407 g/mol. The van der Waals surface area contributed by atoms with Crippen molar-refractivity contribution in [3.8, 4) is 10.4 Å². The van der Waals surface area contributed by atoms with E-state index in [0.717, 1.165) is 23.3 Å². The van der Waals surface area contributed by atoms with E-state index in [1.165, 1.54) is 11.3 Å². The number of benzene rings is 1. The Hall–Kier alpha value is -2.09. The maximum absolute atomic E-state index is 12.9. The van der Waals surface area contributed by atoms with Crippen molar-refractivity contribution in [1.82, 2.24) is 20.1 Å². The molecule has 1 aromatic carbocycles. The summed E-state index contributed by atoms with van der Waals surface area (Å²) in [7, 11) is 0. The van der Waals surface area contributed by atoms with Crippen LogP contribution in [0.1, 0.15) is 34.3 Å². The lowest BCUT2D eigenvalue weighted by molar-refractivity contribution is 0.0709. The van der Waals surface area contributed by atoms with Gasteiger partial charge in [-0.2, -0.15) is 5.10 Å². The van der Waals surface area contributed by atoms with Crippen molar-refractivity contribution in [2.24, 2.45) is 0 Å². The minimum absolute atomic E-state index is 0.0121. The van der Waals surface area contributed by atoms with Gasteiger partial charge in [-0.25, -0.2) is 9.89 Å². The number of amides is 1. The molecular formula is C18H16Cl2N4O2S. The topological polar surface area (TPSA) is 81.8 Å². The molecule has 1 fully saturated rings.